The molecule has 1 aliphatic carbocycles. The van der Waals surface area contributed by atoms with Crippen LogP contribution in [0.15, 0.2) is 71.6 Å². The summed E-state index contributed by atoms with van der Waals surface area (Å²) in [5.41, 5.74) is 9.40. The maximum absolute atomic E-state index is 13.9. The van der Waals surface area contributed by atoms with Crippen LogP contribution in [0.5, 0.6) is 11.5 Å². The highest BCUT2D eigenvalue weighted by Gasteiger charge is 2.39. The number of amidine groups is 1. The molecule has 3 aromatic rings. The molecular weight excluding hydrogens is 564 g/mol. The zero-order valence-corrected chi connectivity index (χ0v) is 25.1. The Balaban J connectivity index is 1.10. The molecule has 2 fully saturated rings. The van der Waals surface area contributed by atoms with E-state index in [1.54, 1.807) is 40.6 Å². The van der Waals surface area contributed by atoms with Gasteiger partial charge in [-0.1, -0.05) is 6.07 Å². The number of likely N-dealkylation sites (tertiary alicyclic amines) is 1. The molecule has 2 aliphatic heterocycles. The van der Waals surface area contributed by atoms with Crippen molar-refractivity contribution in [2.45, 2.75) is 55.7 Å². The molecule has 4 N–H and O–H groups in total. The summed E-state index contributed by atoms with van der Waals surface area (Å²) in [5, 5.41) is 16.4. The third-order valence-corrected chi connectivity index (χ3v) is 10.4. The second-order valence-corrected chi connectivity index (χ2v) is 13.2. The Morgan fingerprint density at radius 2 is 1.53 bits per heavy atom. The second-order valence-electron chi connectivity index (χ2n) is 11.4. The van der Waals surface area contributed by atoms with Crippen molar-refractivity contribution in [3.63, 3.8) is 0 Å². The third-order valence-electron chi connectivity index (χ3n) is 8.48. The summed E-state index contributed by atoms with van der Waals surface area (Å²) in [6, 6.07) is 20.1. The van der Waals surface area contributed by atoms with Crippen LogP contribution in [-0.2, 0) is 23.0 Å². The summed E-state index contributed by atoms with van der Waals surface area (Å²) in [4.78, 5) is 4.09. The molecule has 1 saturated heterocycles. The summed E-state index contributed by atoms with van der Waals surface area (Å²) in [6.45, 7) is 2.62. The molecule has 2 heterocycles. The van der Waals surface area contributed by atoms with E-state index in [1.165, 1.54) is 5.56 Å². The van der Waals surface area contributed by atoms with Gasteiger partial charge in [-0.3, -0.25) is 15.1 Å². The summed E-state index contributed by atoms with van der Waals surface area (Å²) in [7, 11) is -2.16. The van der Waals surface area contributed by atoms with Crippen LogP contribution in [-0.4, -0.2) is 68.9 Å². The number of piperidine rings is 1. The van der Waals surface area contributed by atoms with E-state index in [4.69, 9.17) is 26.0 Å². The Hall–Kier alpha value is -4.25. The van der Waals surface area contributed by atoms with Crippen molar-refractivity contribution in [2.75, 3.05) is 31.0 Å². The monoisotopic (exact) mass is 602 g/mol. The lowest BCUT2D eigenvalue weighted by Gasteiger charge is -2.34. The fourth-order valence-corrected chi connectivity index (χ4v) is 7.57. The molecule has 0 atom stereocenters. The molecule has 6 rings (SSSR count). The first-order chi connectivity index (χ1) is 20.7. The number of guanidine groups is 1. The molecular formula is C32H38N6O4S. The first kappa shape index (κ1) is 28.9. The average molecular weight is 603 g/mol. The highest BCUT2D eigenvalue weighted by atomic mass is 32.2. The quantitative estimate of drug-likeness (QED) is 0.260. The van der Waals surface area contributed by atoms with E-state index in [-0.39, 0.29) is 23.0 Å². The number of methoxy groups -OCH3 is 1. The number of rotatable bonds is 8. The number of nitrogens with one attached hydrogen (secondary N) is 2. The molecule has 0 radical (unpaired) electrons. The van der Waals surface area contributed by atoms with Gasteiger partial charge in [0.2, 0.25) is 0 Å². The lowest BCUT2D eigenvalue weighted by molar-refractivity contribution is 0.131. The average Bonchev–Trinajstić information content (AvgIpc) is 3.86. The van der Waals surface area contributed by atoms with Crippen LogP contribution < -0.4 is 19.5 Å². The molecule has 3 aliphatic rings. The van der Waals surface area contributed by atoms with Gasteiger partial charge in [0.1, 0.15) is 23.4 Å². The van der Waals surface area contributed by atoms with Gasteiger partial charge in [0.15, 0.2) is 5.96 Å². The smallest absolute Gasteiger partial charge is 0.264 e. The highest BCUT2D eigenvalue weighted by Crippen LogP contribution is 2.38. The van der Waals surface area contributed by atoms with E-state index in [9.17, 15) is 8.42 Å². The molecule has 0 amide bonds. The molecule has 0 unspecified atom stereocenters. The van der Waals surface area contributed by atoms with Gasteiger partial charge < -0.3 is 25.0 Å². The van der Waals surface area contributed by atoms with Crippen LogP contribution in [0.2, 0.25) is 0 Å². The molecule has 0 bridgehead atoms. The first-order valence-corrected chi connectivity index (χ1v) is 16.2. The largest absolute Gasteiger partial charge is 0.497 e. The van der Waals surface area contributed by atoms with Crippen LogP contribution in [0, 0.1) is 10.8 Å². The number of ether oxygens (including phenoxy) is 2. The normalized spacial score (nSPS) is 17.2. The molecule has 3 aromatic carbocycles. The summed E-state index contributed by atoms with van der Waals surface area (Å²) in [5.74, 6) is 1.93. The zero-order valence-electron chi connectivity index (χ0n) is 24.3. The highest BCUT2D eigenvalue weighted by molar-refractivity contribution is 7.92. The van der Waals surface area contributed by atoms with E-state index in [0.29, 0.717) is 43.5 Å². The van der Waals surface area contributed by atoms with Gasteiger partial charge in [-0.05, 0) is 91.1 Å². The van der Waals surface area contributed by atoms with Gasteiger partial charge in [-0.2, -0.15) is 0 Å². The van der Waals surface area contributed by atoms with Crippen molar-refractivity contribution in [1.82, 2.24) is 9.80 Å². The predicted molar refractivity (Wildman–Crippen MR) is 167 cm³/mol. The maximum Gasteiger partial charge on any atom is 0.264 e. The van der Waals surface area contributed by atoms with E-state index in [2.05, 4.69) is 4.90 Å². The molecule has 11 heteroatoms. The third kappa shape index (κ3) is 6.13. The zero-order chi connectivity index (χ0) is 30.1. The van der Waals surface area contributed by atoms with Crippen molar-refractivity contribution in [1.29, 1.82) is 10.8 Å². The minimum Gasteiger partial charge on any atom is -0.497 e. The van der Waals surface area contributed by atoms with Gasteiger partial charge in [0, 0.05) is 50.6 Å². The van der Waals surface area contributed by atoms with Crippen LogP contribution in [0.1, 0.15) is 42.4 Å². The SMILES string of the molecule is COc1ccc(C(=N)N2CCC(Oc3ccc(S(=O)(=O)N(c4ccc5c(c4)CN(C(=N)N)CC5)C4CC4)cc3)CC2)cc1. The lowest BCUT2D eigenvalue weighted by atomic mass is 9.99. The number of hydrogen-bond donors (Lipinski definition) is 3. The Morgan fingerprint density at radius 3 is 2.16 bits per heavy atom. The standard InChI is InChI=1S/C32H38N6O4S/c1-41-27-8-3-23(4-9-27)31(33)36-18-15-29(16-19-36)42-28-10-12-30(13-11-28)43(39,40)38(25-6-7-25)26-5-2-22-14-17-37(32(34)35)21-24(22)20-26/h2-5,8-13,20,25,29,33H,6-7,14-19,21H2,1H3,(H3,34,35). The van der Waals surface area contributed by atoms with E-state index in [1.807, 2.05) is 42.5 Å². The van der Waals surface area contributed by atoms with Gasteiger partial charge in [-0.15, -0.1) is 0 Å². The molecule has 226 valence electrons. The molecule has 10 nitrogen and oxygen atoms in total. The van der Waals surface area contributed by atoms with Crippen molar-refractivity contribution >= 4 is 27.5 Å². The molecule has 1 saturated carbocycles. The second kappa shape index (κ2) is 11.8. The van der Waals surface area contributed by atoms with Gasteiger partial charge in [-0.25, -0.2) is 8.42 Å². The minimum absolute atomic E-state index is 0.00426. The maximum atomic E-state index is 13.9. The number of sulfonamides is 1. The number of nitrogens with two attached hydrogens (primary N) is 1. The van der Waals surface area contributed by atoms with Crippen LogP contribution in [0.4, 0.5) is 5.69 Å². The first-order valence-electron chi connectivity index (χ1n) is 14.7. The van der Waals surface area contributed by atoms with E-state index in [0.717, 1.165) is 49.0 Å². The number of nitrogens with zero attached hydrogens (tertiary/aromatic N) is 3. The topological polar surface area (TPSA) is 136 Å². The van der Waals surface area contributed by atoms with Crippen molar-refractivity contribution < 1.29 is 17.9 Å². The Morgan fingerprint density at radius 1 is 0.860 bits per heavy atom. The molecule has 43 heavy (non-hydrogen) atoms. The predicted octanol–water partition coefficient (Wildman–Crippen LogP) is 4.17. The Bertz CT molecular complexity index is 1600. The van der Waals surface area contributed by atoms with Crippen LogP contribution in [0.3, 0.4) is 0 Å². The van der Waals surface area contributed by atoms with Crippen molar-refractivity contribution in [3.8, 4) is 11.5 Å². The van der Waals surface area contributed by atoms with E-state index >= 15 is 0 Å². The summed E-state index contributed by atoms with van der Waals surface area (Å²) in [6.07, 6.45) is 3.96. The van der Waals surface area contributed by atoms with Crippen molar-refractivity contribution in [2.24, 2.45) is 5.73 Å². The number of fused-ring (bicyclic) bond motifs is 1. The number of anilines is 1. The summed E-state index contributed by atoms with van der Waals surface area (Å²) >= 11 is 0. The molecule has 0 spiro atoms. The Kier molecular flexibility index (Phi) is 7.91. The lowest BCUT2D eigenvalue weighted by Crippen LogP contribution is -2.41. The number of benzene rings is 3. The van der Waals surface area contributed by atoms with Crippen LogP contribution in [0.25, 0.3) is 0 Å². The number of hydrogen-bond acceptors (Lipinski definition) is 6. The van der Waals surface area contributed by atoms with Gasteiger partial charge in [0.05, 0.1) is 17.7 Å². The Labute approximate surface area is 253 Å². The fourth-order valence-electron chi connectivity index (χ4n) is 5.87. The minimum atomic E-state index is -3.79. The van der Waals surface area contributed by atoms with Gasteiger partial charge in [0.25, 0.3) is 10.0 Å². The van der Waals surface area contributed by atoms with Gasteiger partial charge >= 0.3 is 0 Å². The van der Waals surface area contributed by atoms with Crippen molar-refractivity contribution in [3.05, 3.63) is 83.4 Å². The fraction of sp³-hybridized carbons (Fsp3) is 0.375. The molecule has 0 aromatic heterocycles. The van der Waals surface area contributed by atoms with E-state index < -0.39 is 10.0 Å². The summed E-state index contributed by atoms with van der Waals surface area (Å²) < 4.78 is 40.8. The van der Waals surface area contributed by atoms with Crippen LogP contribution >= 0.6 is 0 Å².